The van der Waals surface area contributed by atoms with E-state index in [9.17, 15) is 9.59 Å². The molecule has 0 heterocycles. The van der Waals surface area contributed by atoms with Crippen LogP contribution in [0.15, 0.2) is 18.2 Å². The van der Waals surface area contributed by atoms with E-state index in [0.717, 1.165) is 0 Å². The molecule has 1 aromatic carbocycles. The van der Waals surface area contributed by atoms with E-state index in [1.165, 1.54) is 21.1 Å². The molecule has 0 spiro atoms. The van der Waals surface area contributed by atoms with Crippen molar-refractivity contribution in [1.29, 1.82) is 0 Å². The summed E-state index contributed by atoms with van der Waals surface area (Å²) in [6.07, 6.45) is 0. The average molecular weight is 321 g/mol. The molecule has 126 valence electrons. The molecule has 1 rings (SSSR count). The molecule has 1 amide bonds. The smallest absolute Gasteiger partial charge is 0.246 e. The molecule has 0 aliphatic heterocycles. The van der Waals surface area contributed by atoms with Crippen LogP contribution in [0.4, 0.5) is 11.4 Å². The number of ketones is 1. The summed E-state index contributed by atoms with van der Waals surface area (Å²) in [5.41, 5.74) is 7.54. The number of methoxy groups -OCH3 is 2. The minimum absolute atomic E-state index is 0.181. The number of carbonyl (C=O) groups excluding carboxylic acids is 2. The van der Waals surface area contributed by atoms with Gasteiger partial charge in [-0.05, 0) is 19.9 Å². The maximum Gasteiger partial charge on any atom is 0.246 e. The molecule has 0 saturated carbocycles. The second-order valence-corrected chi connectivity index (χ2v) is 4.97. The van der Waals surface area contributed by atoms with Crippen molar-refractivity contribution in [2.24, 2.45) is 0 Å². The number of rotatable bonds is 8. The largest absolute Gasteiger partial charge is 0.494 e. The summed E-state index contributed by atoms with van der Waals surface area (Å²) < 4.78 is 10.6. The van der Waals surface area contributed by atoms with Crippen molar-refractivity contribution in [3.05, 3.63) is 23.8 Å². The van der Waals surface area contributed by atoms with Crippen LogP contribution in [0.3, 0.4) is 0 Å². The number of nitrogens with one attached hydrogen (secondary N) is 2. The van der Waals surface area contributed by atoms with Gasteiger partial charge in [0.2, 0.25) is 5.91 Å². The molecule has 0 fully saturated rings. The summed E-state index contributed by atoms with van der Waals surface area (Å²) in [4.78, 5) is 23.1. The SMILES string of the molecule is C=C(C)C(=O)NCCNc1c(OC)cc(C(C)=O)c(N)c1OC. The zero-order valence-corrected chi connectivity index (χ0v) is 13.9. The monoisotopic (exact) mass is 321 g/mol. The minimum Gasteiger partial charge on any atom is -0.494 e. The van der Waals surface area contributed by atoms with Gasteiger partial charge in [0.25, 0.3) is 0 Å². The third kappa shape index (κ3) is 4.38. The second kappa shape index (κ2) is 8.07. The highest BCUT2D eigenvalue weighted by atomic mass is 16.5. The number of Topliss-reactive ketones (excluding diaryl/α,β-unsaturated/α-hetero) is 1. The van der Waals surface area contributed by atoms with E-state index in [2.05, 4.69) is 17.2 Å². The highest BCUT2D eigenvalue weighted by molar-refractivity contribution is 6.02. The maximum atomic E-state index is 11.6. The van der Waals surface area contributed by atoms with Gasteiger partial charge in [0.1, 0.15) is 11.4 Å². The maximum absolute atomic E-state index is 11.6. The Balaban J connectivity index is 2.97. The lowest BCUT2D eigenvalue weighted by molar-refractivity contribution is -0.117. The molecule has 4 N–H and O–H groups in total. The van der Waals surface area contributed by atoms with Crippen molar-refractivity contribution >= 4 is 23.1 Å². The predicted molar refractivity (Wildman–Crippen MR) is 90.3 cm³/mol. The van der Waals surface area contributed by atoms with Crippen molar-refractivity contribution in [2.45, 2.75) is 13.8 Å². The zero-order valence-electron chi connectivity index (χ0n) is 13.9. The summed E-state index contributed by atoms with van der Waals surface area (Å²) >= 11 is 0. The topological polar surface area (TPSA) is 103 Å². The Labute approximate surface area is 135 Å². The minimum atomic E-state index is -0.211. The Morgan fingerprint density at radius 3 is 2.35 bits per heavy atom. The molecule has 1 aromatic rings. The van der Waals surface area contributed by atoms with Crippen molar-refractivity contribution in [2.75, 3.05) is 38.4 Å². The van der Waals surface area contributed by atoms with Crippen molar-refractivity contribution in [3.8, 4) is 11.5 Å². The van der Waals surface area contributed by atoms with Gasteiger partial charge in [0.15, 0.2) is 11.5 Å². The standard InChI is InChI=1S/C16H23N3O4/c1-9(2)16(21)19-7-6-18-14-12(22-4)8-11(10(3)20)13(17)15(14)23-5/h8,18H,1,6-7,17H2,2-5H3,(H,19,21). The quantitative estimate of drug-likeness (QED) is 0.291. The molecule has 23 heavy (non-hydrogen) atoms. The van der Waals surface area contributed by atoms with Gasteiger partial charge in [-0.15, -0.1) is 0 Å². The molecular formula is C16H23N3O4. The van der Waals surface area contributed by atoms with Crippen molar-refractivity contribution in [3.63, 3.8) is 0 Å². The Hall–Kier alpha value is -2.70. The number of nitrogens with two attached hydrogens (primary N) is 1. The first-order valence-corrected chi connectivity index (χ1v) is 7.06. The summed E-state index contributed by atoms with van der Waals surface area (Å²) in [5, 5.41) is 5.80. The first-order valence-electron chi connectivity index (χ1n) is 7.06. The van der Waals surface area contributed by atoms with Crippen LogP contribution in [0.25, 0.3) is 0 Å². The number of hydrogen-bond acceptors (Lipinski definition) is 6. The van der Waals surface area contributed by atoms with Crippen molar-refractivity contribution in [1.82, 2.24) is 5.32 Å². The van der Waals surface area contributed by atoms with Crippen LogP contribution in [0.1, 0.15) is 24.2 Å². The van der Waals surface area contributed by atoms with Gasteiger partial charge in [-0.1, -0.05) is 6.58 Å². The lowest BCUT2D eigenvalue weighted by atomic mass is 10.1. The fraction of sp³-hybridized carbons (Fsp3) is 0.375. The normalized spacial score (nSPS) is 9.91. The Morgan fingerprint density at radius 2 is 1.87 bits per heavy atom. The first kappa shape index (κ1) is 18.3. The van der Waals surface area contributed by atoms with Gasteiger partial charge < -0.3 is 25.8 Å². The van der Waals surface area contributed by atoms with Gasteiger partial charge in [-0.3, -0.25) is 9.59 Å². The lowest BCUT2D eigenvalue weighted by Gasteiger charge is -2.18. The fourth-order valence-electron chi connectivity index (χ4n) is 2.00. The summed E-state index contributed by atoms with van der Waals surface area (Å²) in [7, 11) is 2.95. The molecular weight excluding hydrogens is 298 g/mol. The van der Waals surface area contributed by atoms with E-state index in [1.54, 1.807) is 13.0 Å². The van der Waals surface area contributed by atoms with Crippen LogP contribution in [0.2, 0.25) is 0 Å². The average Bonchev–Trinajstić information content (AvgIpc) is 2.50. The molecule has 0 aliphatic carbocycles. The summed E-state index contributed by atoms with van der Waals surface area (Å²) in [5.74, 6) is 0.379. The van der Waals surface area contributed by atoms with Crippen LogP contribution in [-0.2, 0) is 4.79 Å². The number of hydrogen-bond donors (Lipinski definition) is 3. The predicted octanol–water partition coefficient (Wildman–Crippen LogP) is 1.59. The number of nitrogen functional groups attached to an aromatic ring is 1. The molecule has 0 radical (unpaired) electrons. The van der Waals surface area contributed by atoms with E-state index in [4.69, 9.17) is 15.2 Å². The number of amides is 1. The molecule has 0 aliphatic rings. The van der Waals surface area contributed by atoms with Gasteiger partial charge in [0, 0.05) is 24.2 Å². The molecule has 0 atom stereocenters. The molecule has 0 unspecified atom stereocenters. The second-order valence-electron chi connectivity index (χ2n) is 4.97. The fourth-order valence-corrected chi connectivity index (χ4v) is 2.00. The van der Waals surface area contributed by atoms with E-state index >= 15 is 0 Å². The Kier molecular flexibility index (Phi) is 6.44. The van der Waals surface area contributed by atoms with Gasteiger partial charge in [-0.25, -0.2) is 0 Å². The lowest BCUT2D eigenvalue weighted by Crippen LogP contribution is -2.29. The Morgan fingerprint density at radius 1 is 1.22 bits per heavy atom. The van der Waals surface area contributed by atoms with Gasteiger partial charge >= 0.3 is 0 Å². The van der Waals surface area contributed by atoms with Crippen LogP contribution < -0.4 is 25.8 Å². The molecule has 7 heteroatoms. The van der Waals surface area contributed by atoms with Crippen molar-refractivity contribution < 1.29 is 19.1 Å². The van der Waals surface area contributed by atoms with E-state index in [-0.39, 0.29) is 17.4 Å². The highest BCUT2D eigenvalue weighted by Crippen LogP contribution is 2.41. The molecule has 0 bridgehead atoms. The first-order chi connectivity index (χ1) is 10.8. The number of benzene rings is 1. The van der Waals surface area contributed by atoms with Gasteiger partial charge in [0.05, 0.1) is 19.9 Å². The number of carbonyl (C=O) groups is 2. The Bertz CT molecular complexity index is 626. The summed E-state index contributed by atoms with van der Waals surface area (Å²) in [6, 6.07) is 1.56. The van der Waals surface area contributed by atoms with E-state index in [1.807, 2.05) is 0 Å². The van der Waals surface area contributed by atoms with E-state index in [0.29, 0.717) is 41.4 Å². The van der Waals surface area contributed by atoms with Crippen LogP contribution in [-0.4, -0.2) is 39.0 Å². The van der Waals surface area contributed by atoms with Gasteiger partial charge in [-0.2, -0.15) is 0 Å². The molecule has 0 saturated heterocycles. The third-order valence-electron chi connectivity index (χ3n) is 3.19. The summed E-state index contributed by atoms with van der Waals surface area (Å²) in [6.45, 7) is 7.42. The van der Waals surface area contributed by atoms with Crippen LogP contribution in [0.5, 0.6) is 11.5 Å². The zero-order chi connectivity index (χ0) is 17.6. The number of ether oxygens (including phenoxy) is 2. The van der Waals surface area contributed by atoms with E-state index < -0.39 is 0 Å². The highest BCUT2D eigenvalue weighted by Gasteiger charge is 2.19. The third-order valence-corrected chi connectivity index (χ3v) is 3.19. The van der Waals surface area contributed by atoms with Crippen LogP contribution >= 0.6 is 0 Å². The molecule has 0 aromatic heterocycles. The molecule has 7 nitrogen and oxygen atoms in total. The van der Waals surface area contributed by atoms with Crippen LogP contribution in [0, 0.1) is 0 Å². The number of anilines is 2.